The van der Waals surface area contributed by atoms with Crippen molar-refractivity contribution in [2.24, 2.45) is 5.92 Å². The second-order valence-corrected chi connectivity index (χ2v) is 8.38. The van der Waals surface area contributed by atoms with Crippen molar-refractivity contribution in [2.75, 3.05) is 5.75 Å². The summed E-state index contributed by atoms with van der Waals surface area (Å²) in [5.41, 5.74) is 0.935. The first kappa shape index (κ1) is 14.7. The summed E-state index contributed by atoms with van der Waals surface area (Å²) in [6.07, 6.45) is 3.11. The molecule has 1 saturated carbocycles. The van der Waals surface area contributed by atoms with E-state index in [2.05, 4.69) is 0 Å². The topological polar surface area (TPSA) is 43.4 Å². The number of hydrogen-bond donors (Lipinski definition) is 0. The summed E-state index contributed by atoms with van der Waals surface area (Å²) in [5, 5.41) is 0. The summed E-state index contributed by atoms with van der Waals surface area (Å²) >= 11 is 0. The van der Waals surface area contributed by atoms with Crippen LogP contribution in [0.2, 0.25) is 0 Å². The molecule has 0 aromatic heterocycles. The lowest BCUT2D eigenvalue weighted by molar-refractivity contribution is 0.475. The minimum Gasteiger partial charge on any atom is -0.457 e. The molecule has 0 amide bonds. The zero-order chi connectivity index (χ0) is 16.0. The summed E-state index contributed by atoms with van der Waals surface area (Å²) in [7, 11) is -3.24. The van der Waals surface area contributed by atoms with E-state index in [4.69, 9.17) is 4.74 Å². The smallest absolute Gasteiger partial charge is 0.178 e. The van der Waals surface area contributed by atoms with E-state index < -0.39 is 9.84 Å². The van der Waals surface area contributed by atoms with Crippen molar-refractivity contribution in [1.29, 1.82) is 0 Å². The van der Waals surface area contributed by atoms with E-state index in [-0.39, 0.29) is 11.6 Å². The van der Waals surface area contributed by atoms with Crippen LogP contribution in [0.1, 0.15) is 30.7 Å². The minimum absolute atomic E-state index is 0.209. The predicted molar refractivity (Wildman–Crippen MR) is 85.1 cm³/mol. The molecule has 2 aliphatic rings. The lowest BCUT2D eigenvalue weighted by Crippen LogP contribution is -2.21. The molecule has 120 valence electrons. The van der Waals surface area contributed by atoms with Gasteiger partial charge in [0.2, 0.25) is 0 Å². The van der Waals surface area contributed by atoms with Gasteiger partial charge in [0.25, 0.3) is 0 Å². The van der Waals surface area contributed by atoms with Gasteiger partial charge in [0.1, 0.15) is 17.3 Å². The number of halogens is 1. The maximum Gasteiger partial charge on any atom is 0.178 e. The van der Waals surface area contributed by atoms with Crippen molar-refractivity contribution in [2.45, 2.75) is 30.1 Å². The van der Waals surface area contributed by atoms with Gasteiger partial charge in [0.05, 0.1) is 10.6 Å². The maximum absolute atomic E-state index is 12.9. The summed E-state index contributed by atoms with van der Waals surface area (Å²) in [4.78, 5) is 0.403. The van der Waals surface area contributed by atoms with Crippen LogP contribution in [0, 0.1) is 11.7 Å². The van der Waals surface area contributed by atoms with Crippen LogP contribution in [0.3, 0.4) is 0 Å². The molecule has 1 aliphatic carbocycles. The Balaban J connectivity index is 1.69. The SMILES string of the molecule is O=S1(=O)CCC(C2CC2)c2ccc(Oc3ccc(F)cc3)cc21. The van der Waals surface area contributed by atoms with Gasteiger partial charge < -0.3 is 4.74 Å². The van der Waals surface area contributed by atoms with E-state index in [1.165, 1.54) is 37.1 Å². The summed E-state index contributed by atoms with van der Waals surface area (Å²) in [6.45, 7) is 0. The fourth-order valence-electron chi connectivity index (χ4n) is 3.33. The number of benzene rings is 2. The van der Waals surface area contributed by atoms with Gasteiger partial charge >= 0.3 is 0 Å². The monoisotopic (exact) mass is 332 g/mol. The van der Waals surface area contributed by atoms with E-state index >= 15 is 0 Å². The van der Waals surface area contributed by atoms with Gasteiger partial charge in [-0.15, -0.1) is 0 Å². The van der Waals surface area contributed by atoms with Gasteiger partial charge in [-0.05, 0) is 73.1 Å². The molecule has 5 heteroatoms. The molecule has 0 bridgehead atoms. The number of ether oxygens (including phenoxy) is 1. The molecule has 1 atom stereocenters. The van der Waals surface area contributed by atoms with E-state index in [1.54, 1.807) is 12.1 Å². The zero-order valence-corrected chi connectivity index (χ0v) is 13.4. The van der Waals surface area contributed by atoms with Crippen LogP contribution < -0.4 is 4.74 Å². The zero-order valence-electron chi connectivity index (χ0n) is 12.5. The first-order valence-corrected chi connectivity index (χ1v) is 9.48. The van der Waals surface area contributed by atoms with Crippen molar-refractivity contribution in [3.05, 3.63) is 53.8 Å². The third-order valence-electron chi connectivity index (χ3n) is 4.66. The molecule has 2 aromatic rings. The highest BCUT2D eigenvalue weighted by molar-refractivity contribution is 7.91. The molecule has 4 rings (SSSR count). The van der Waals surface area contributed by atoms with Crippen LogP contribution in [0.5, 0.6) is 11.5 Å². The molecule has 1 heterocycles. The second-order valence-electron chi connectivity index (χ2n) is 6.31. The van der Waals surface area contributed by atoms with Crippen molar-refractivity contribution in [1.82, 2.24) is 0 Å². The summed E-state index contributed by atoms with van der Waals surface area (Å²) < 4.78 is 43.4. The highest BCUT2D eigenvalue weighted by atomic mass is 32.2. The molecule has 1 unspecified atom stereocenters. The number of sulfone groups is 1. The second kappa shape index (κ2) is 5.34. The molecule has 1 fully saturated rings. The molecular weight excluding hydrogens is 315 g/mol. The maximum atomic E-state index is 12.9. The number of fused-ring (bicyclic) bond motifs is 1. The van der Waals surface area contributed by atoms with Crippen LogP contribution in [0.15, 0.2) is 47.4 Å². The predicted octanol–water partition coefficient (Wildman–Crippen LogP) is 4.29. The van der Waals surface area contributed by atoms with Gasteiger partial charge in [-0.1, -0.05) is 6.07 Å². The van der Waals surface area contributed by atoms with E-state index in [0.717, 1.165) is 12.0 Å². The van der Waals surface area contributed by atoms with E-state index in [9.17, 15) is 12.8 Å². The molecule has 0 N–H and O–H groups in total. The third kappa shape index (κ3) is 2.85. The Morgan fingerprint density at radius 2 is 1.65 bits per heavy atom. The van der Waals surface area contributed by atoms with Crippen LogP contribution in [0.25, 0.3) is 0 Å². The molecule has 1 aliphatic heterocycles. The first-order valence-electron chi connectivity index (χ1n) is 7.83. The van der Waals surface area contributed by atoms with Gasteiger partial charge in [-0.3, -0.25) is 0 Å². The molecule has 0 saturated heterocycles. The minimum atomic E-state index is -3.24. The molecule has 0 radical (unpaired) electrons. The van der Waals surface area contributed by atoms with E-state index in [1.807, 2.05) is 6.07 Å². The Morgan fingerprint density at radius 3 is 2.35 bits per heavy atom. The highest BCUT2D eigenvalue weighted by Gasteiger charge is 2.39. The van der Waals surface area contributed by atoms with Crippen LogP contribution in [-0.2, 0) is 9.84 Å². The molecule has 23 heavy (non-hydrogen) atoms. The molecule has 0 spiro atoms. The van der Waals surface area contributed by atoms with Crippen LogP contribution in [-0.4, -0.2) is 14.2 Å². The summed E-state index contributed by atoms with van der Waals surface area (Å²) in [6, 6.07) is 11.0. The van der Waals surface area contributed by atoms with Gasteiger partial charge in [0, 0.05) is 0 Å². The fraction of sp³-hybridized carbons (Fsp3) is 0.333. The van der Waals surface area contributed by atoms with E-state index in [0.29, 0.717) is 28.2 Å². The normalized spacial score (nSPS) is 22.4. The number of rotatable bonds is 3. The van der Waals surface area contributed by atoms with Gasteiger partial charge in [-0.25, -0.2) is 12.8 Å². The van der Waals surface area contributed by atoms with Gasteiger partial charge in [-0.2, -0.15) is 0 Å². The van der Waals surface area contributed by atoms with Crippen LogP contribution in [0.4, 0.5) is 4.39 Å². The third-order valence-corrected chi connectivity index (χ3v) is 6.45. The van der Waals surface area contributed by atoms with Crippen LogP contribution >= 0.6 is 0 Å². The van der Waals surface area contributed by atoms with Crippen molar-refractivity contribution in [3.8, 4) is 11.5 Å². The fourth-order valence-corrected chi connectivity index (χ4v) is 4.99. The lowest BCUT2D eigenvalue weighted by atomic mass is 9.91. The highest BCUT2D eigenvalue weighted by Crippen LogP contribution is 2.49. The molecule has 2 aromatic carbocycles. The Morgan fingerprint density at radius 1 is 0.957 bits per heavy atom. The van der Waals surface area contributed by atoms with Crippen molar-refractivity contribution < 1.29 is 17.5 Å². The van der Waals surface area contributed by atoms with Crippen molar-refractivity contribution >= 4 is 9.84 Å². The first-order chi connectivity index (χ1) is 11.0. The van der Waals surface area contributed by atoms with Gasteiger partial charge in [0.15, 0.2) is 9.84 Å². The Labute approximate surface area is 135 Å². The lowest BCUT2D eigenvalue weighted by Gasteiger charge is -2.25. The average Bonchev–Trinajstić information content (AvgIpc) is 3.35. The average molecular weight is 332 g/mol. The summed E-state index contributed by atoms with van der Waals surface area (Å²) in [5.74, 6) is 1.81. The quantitative estimate of drug-likeness (QED) is 0.842. The largest absolute Gasteiger partial charge is 0.457 e. The Bertz CT molecular complexity index is 839. The standard InChI is InChI=1S/C18H17FO3S/c19-13-3-5-14(6-4-13)22-15-7-8-17-16(12-1-2-12)9-10-23(20,21)18(17)11-15/h3-8,11-12,16H,1-2,9-10H2. The Hall–Kier alpha value is -1.88. The molecule has 3 nitrogen and oxygen atoms in total. The Kier molecular flexibility index (Phi) is 3.41. The molecular formula is C18H17FO3S. The number of hydrogen-bond acceptors (Lipinski definition) is 3. The van der Waals surface area contributed by atoms with Crippen molar-refractivity contribution in [3.63, 3.8) is 0 Å².